The number of anilines is 2. The van der Waals surface area contributed by atoms with Crippen molar-refractivity contribution in [2.24, 2.45) is 5.84 Å². The summed E-state index contributed by atoms with van der Waals surface area (Å²) in [6.07, 6.45) is 0. The summed E-state index contributed by atoms with van der Waals surface area (Å²) in [6.45, 7) is 2.63. The Labute approximate surface area is 115 Å². The Kier molecular flexibility index (Phi) is 5.46. The number of carbonyl (C=O) groups excluding carboxylic acids is 1. The molecule has 0 aliphatic carbocycles. The van der Waals surface area contributed by atoms with E-state index in [0.717, 1.165) is 0 Å². The topological polar surface area (TPSA) is 83.3 Å². The Morgan fingerprint density at radius 2 is 2.06 bits per heavy atom. The van der Waals surface area contributed by atoms with E-state index in [1.54, 1.807) is 11.9 Å². The van der Waals surface area contributed by atoms with E-state index in [0.29, 0.717) is 28.2 Å². The summed E-state index contributed by atoms with van der Waals surface area (Å²) in [4.78, 5) is 17.3. The fourth-order valence-electron chi connectivity index (χ4n) is 1.16. The second-order valence-electron chi connectivity index (χ2n) is 3.56. The first-order chi connectivity index (χ1) is 8.49. The highest BCUT2D eigenvalue weighted by molar-refractivity contribution is 6.37. The molecular weight excluding hydrogens is 277 g/mol. The van der Waals surface area contributed by atoms with E-state index < -0.39 is 0 Å². The highest BCUT2D eigenvalue weighted by Crippen LogP contribution is 2.28. The van der Waals surface area contributed by atoms with Gasteiger partial charge in [-0.15, -0.1) is 0 Å². The summed E-state index contributed by atoms with van der Waals surface area (Å²) in [7, 11) is 1.72. The maximum absolute atomic E-state index is 11.6. The molecule has 0 atom stereocenters. The van der Waals surface area contributed by atoms with Gasteiger partial charge in [-0.1, -0.05) is 23.2 Å². The molecule has 0 spiro atoms. The lowest BCUT2D eigenvalue weighted by Gasteiger charge is -2.16. The van der Waals surface area contributed by atoms with Crippen LogP contribution in [0, 0.1) is 0 Å². The average Bonchev–Trinajstić information content (AvgIpc) is 2.36. The number of amides is 1. The van der Waals surface area contributed by atoms with Crippen LogP contribution in [0.2, 0.25) is 10.0 Å². The van der Waals surface area contributed by atoms with Gasteiger partial charge in [0.2, 0.25) is 5.91 Å². The summed E-state index contributed by atoms with van der Waals surface area (Å²) in [5.41, 5.74) is 2.35. The minimum absolute atomic E-state index is 0.0624. The lowest BCUT2D eigenvalue weighted by molar-refractivity contribution is -0.127. The predicted molar refractivity (Wildman–Crippen MR) is 73.9 cm³/mol. The van der Waals surface area contributed by atoms with Crippen molar-refractivity contribution in [3.8, 4) is 0 Å². The largest absolute Gasteiger partial charge is 0.360 e. The minimum Gasteiger partial charge on any atom is -0.360 e. The second kappa shape index (κ2) is 6.63. The van der Waals surface area contributed by atoms with Crippen molar-refractivity contribution < 1.29 is 4.79 Å². The molecule has 1 heterocycles. The second-order valence-corrected chi connectivity index (χ2v) is 4.37. The van der Waals surface area contributed by atoms with Gasteiger partial charge in [0.05, 0.1) is 16.6 Å². The molecule has 0 saturated carbocycles. The van der Waals surface area contributed by atoms with Gasteiger partial charge in [0.25, 0.3) is 0 Å². The zero-order valence-electron chi connectivity index (χ0n) is 10.1. The van der Waals surface area contributed by atoms with Crippen LogP contribution in [0.4, 0.5) is 11.6 Å². The molecule has 4 N–H and O–H groups in total. The van der Waals surface area contributed by atoms with Gasteiger partial charge in [-0.2, -0.15) is 0 Å². The molecule has 0 radical (unpaired) electrons. The molecule has 1 aromatic heterocycles. The summed E-state index contributed by atoms with van der Waals surface area (Å²) in [5, 5.41) is 3.48. The van der Waals surface area contributed by atoms with Crippen LogP contribution in [-0.2, 0) is 4.79 Å². The molecule has 0 aliphatic heterocycles. The third kappa shape index (κ3) is 3.63. The van der Waals surface area contributed by atoms with Gasteiger partial charge < -0.3 is 15.6 Å². The Morgan fingerprint density at radius 3 is 2.61 bits per heavy atom. The summed E-state index contributed by atoms with van der Waals surface area (Å²) in [5.74, 6) is 5.84. The maximum Gasteiger partial charge on any atom is 0.241 e. The molecule has 0 saturated heterocycles. The van der Waals surface area contributed by atoms with Gasteiger partial charge in [0.15, 0.2) is 5.82 Å². The number of halogens is 2. The van der Waals surface area contributed by atoms with Crippen molar-refractivity contribution >= 4 is 40.7 Å². The van der Waals surface area contributed by atoms with Gasteiger partial charge in [0, 0.05) is 13.6 Å². The normalized spacial score (nSPS) is 10.1. The highest BCUT2D eigenvalue weighted by Gasteiger charge is 2.11. The Balaban J connectivity index is 2.76. The Bertz CT molecular complexity index is 441. The smallest absolute Gasteiger partial charge is 0.241 e. The third-order valence-electron chi connectivity index (χ3n) is 2.37. The molecule has 6 nitrogen and oxygen atoms in total. The number of hydrogen-bond acceptors (Lipinski definition) is 5. The third-order valence-corrected chi connectivity index (χ3v) is 2.95. The van der Waals surface area contributed by atoms with Crippen LogP contribution in [0.3, 0.4) is 0 Å². The lowest BCUT2D eigenvalue weighted by Crippen LogP contribution is -2.32. The Morgan fingerprint density at radius 1 is 1.44 bits per heavy atom. The van der Waals surface area contributed by atoms with E-state index in [9.17, 15) is 4.79 Å². The number of nitrogens with one attached hydrogen (secondary N) is 2. The molecule has 0 unspecified atom stereocenters. The molecule has 100 valence electrons. The van der Waals surface area contributed by atoms with E-state index in [1.165, 1.54) is 6.07 Å². The van der Waals surface area contributed by atoms with Crippen LogP contribution in [0.25, 0.3) is 0 Å². The van der Waals surface area contributed by atoms with Crippen LogP contribution in [0.15, 0.2) is 6.07 Å². The van der Waals surface area contributed by atoms with Crippen molar-refractivity contribution in [1.29, 1.82) is 0 Å². The van der Waals surface area contributed by atoms with E-state index in [1.807, 2.05) is 6.92 Å². The number of carbonyl (C=O) groups is 1. The summed E-state index contributed by atoms with van der Waals surface area (Å²) in [6, 6.07) is 1.50. The van der Waals surface area contributed by atoms with Gasteiger partial charge in [-0.3, -0.25) is 4.79 Å². The average molecular weight is 292 g/mol. The van der Waals surface area contributed by atoms with Crippen molar-refractivity contribution in [3.63, 3.8) is 0 Å². The van der Waals surface area contributed by atoms with Gasteiger partial charge in [-0.05, 0) is 13.0 Å². The van der Waals surface area contributed by atoms with Crippen LogP contribution in [-0.4, -0.2) is 35.9 Å². The fraction of sp³-hybridized carbons (Fsp3) is 0.400. The zero-order chi connectivity index (χ0) is 13.7. The number of aromatic nitrogens is 1. The first-order valence-electron chi connectivity index (χ1n) is 5.30. The number of rotatable bonds is 5. The van der Waals surface area contributed by atoms with Crippen molar-refractivity contribution in [3.05, 3.63) is 16.1 Å². The van der Waals surface area contributed by atoms with Crippen molar-refractivity contribution in [1.82, 2.24) is 9.88 Å². The van der Waals surface area contributed by atoms with E-state index in [2.05, 4.69) is 15.7 Å². The summed E-state index contributed by atoms with van der Waals surface area (Å²) >= 11 is 11.8. The Hall–Kier alpha value is -1.24. The van der Waals surface area contributed by atoms with Gasteiger partial charge in [-0.25, -0.2) is 10.8 Å². The molecule has 1 aromatic rings. The van der Waals surface area contributed by atoms with E-state index >= 15 is 0 Å². The van der Waals surface area contributed by atoms with E-state index in [-0.39, 0.29) is 12.5 Å². The van der Waals surface area contributed by atoms with Crippen molar-refractivity contribution in [2.45, 2.75) is 6.92 Å². The number of nitrogens with zero attached hydrogens (tertiary/aromatic N) is 2. The predicted octanol–water partition coefficient (Wildman–Crippen LogP) is 1.56. The monoisotopic (exact) mass is 291 g/mol. The van der Waals surface area contributed by atoms with Gasteiger partial charge >= 0.3 is 0 Å². The van der Waals surface area contributed by atoms with Crippen LogP contribution >= 0.6 is 23.2 Å². The first-order valence-corrected chi connectivity index (χ1v) is 6.05. The number of nitrogens with two attached hydrogens (primary N) is 1. The molecule has 1 amide bonds. The number of hydrogen-bond donors (Lipinski definition) is 3. The molecule has 0 aliphatic rings. The minimum atomic E-state index is -0.0624. The SMILES string of the molecule is CCN(C)C(=O)CNc1nc(NN)c(Cl)cc1Cl. The fourth-order valence-corrected chi connectivity index (χ4v) is 1.64. The standard InChI is InChI=1S/C10H15Cl2N5O/c1-3-17(2)8(18)5-14-9-6(11)4-7(12)10(15-9)16-13/h4H,3,5,13H2,1-2H3,(H2,14,15,16). The summed E-state index contributed by atoms with van der Waals surface area (Å²) < 4.78 is 0. The number of nitrogen functional groups attached to an aromatic ring is 1. The lowest BCUT2D eigenvalue weighted by atomic mass is 10.4. The van der Waals surface area contributed by atoms with Gasteiger partial charge in [0.1, 0.15) is 5.82 Å². The zero-order valence-corrected chi connectivity index (χ0v) is 11.6. The quantitative estimate of drug-likeness (QED) is 0.566. The maximum atomic E-state index is 11.6. The van der Waals surface area contributed by atoms with E-state index in [4.69, 9.17) is 29.0 Å². The molecule has 8 heteroatoms. The van der Waals surface area contributed by atoms with Crippen LogP contribution in [0.5, 0.6) is 0 Å². The number of pyridine rings is 1. The van der Waals surface area contributed by atoms with Crippen LogP contribution < -0.4 is 16.6 Å². The van der Waals surface area contributed by atoms with Crippen LogP contribution in [0.1, 0.15) is 6.92 Å². The molecule has 0 bridgehead atoms. The van der Waals surface area contributed by atoms with Crippen molar-refractivity contribution in [2.75, 3.05) is 30.9 Å². The number of likely N-dealkylation sites (N-methyl/N-ethyl adjacent to an activating group) is 1. The number of hydrazine groups is 1. The molecule has 1 rings (SSSR count). The molecular formula is C10H15Cl2N5O. The molecule has 0 fully saturated rings. The molecule has 0 aromatic carbocycles. The first kappa shape index (κ1) is 14.8. The highest BCUT2D eigenvalue weighted by atomic mass is 35.5. The molecule has 18 heavy (non-hydrogen) atoms.